The molecule has 7 heteroatoms. The molecule has 0 amide bonds. The maximum atomic E-state index is 6.14. The normalized spacial score (nSPS) is 11.1. The second kappa shape index (κ2) is 4.39. The van der Waals surface area contributed by atoms with E-state index in [9.17, 15) is 0 Å². The minimum atomic E-state index is 0.358. The summed E-state index contributed by atoms with van der Waals surface area (Å²) in [5, 5.41) is 6.30. The highest BCUT2D eigenvalue weighted by Crippen LogP contribution is 2.27. The lowest BCUT2D eigenvalue weighted by Crippen LogP contribution is -1.98. The van der Waals surface area contributed by atoms with E-state index in [1.807, 2.05) is 0 Å². The number of rotatable bonds is 1. The summed E-state index contributed by atoms with van der Waals surface area (Å²) < 4.78 is 1.60. The van der Waals surface area contributed by atoms with Gasteiger partial charge in [-0.15, -0.1) is 0 Å². The Morgan fingerprint density at radius 1 is 1.06 bits per heavy atom. The number of aromatic nitrogens is 4. The molecule has 0 atom stereocenters. The van der Waals surface area contributed by atoms with E-state index in [1.54, 1.807) is 29.1 Å². The van der Waals surface area contributed by atoms with Crippen LogP contribution in [0, 0.1) is 0 Å². The maximum absolute atomic E-state index is 6.14. The quantitative estimate of drug-likeness (QED) is 0.642. The number of fused-ring (bicyclic) bond motifs is 1. The molecule has 0 radical (unpaired) electrons. The minimum absolute atomic E-state index is 0.358. The highest BCUT2D eigenvalue weighted by molar-refractivity contribution is 6.36. The topological polar surface area (TPSA) is 43.6 Å². The Kier molecular flexibility index (Phi) is 2.86. The lowest BCUT2D eigenvalue weighted by atomic mass is 10.3. The molecule has 0 aliphatic rings. The highest BCUT2D eigenvalue weighted by atomic mass is 35.5. The first-order valence-corrected chi connectivity index (χ1v) is 6.10. The van der Waals surface area contributed by atoms with Crippen molar-refractivity contribution in [3.8, 4) is 5.69 Å². The highest BCUT2D eigenvalue weighted by Gasteiger charge is 2.12. The molecule has 0 aliphatic carbocycles. The van der Waals surface area contributed by atoms with Crippen molar-refractivity contribution in [3.05, 3.63) is 45.9 Å². The van der Waals surface area contributed by atoms with Gasteiger partial charge in [0, 0.05) is 5.02 Å². The van der Waals surface area contributed by atoms with Crippen LogP contribution in [-0.2, 0) is 0 Å². The van der Waals surface area contributed by atoms with Gasteiger partial charge in [-0.05, 0) is 18.2 Å². The molecule has 1 aromatic carbocycles. The maximum Gasteiger partial charge on any atom is 0.167 e. The molecule has 18 heavy (non-hydrogen) atoms. The van der Waals surface area contributed by atoms with Gasteiger partial charge in [0.05, 0.1) is 22.3 Å². The van der Waals surface area contributed by atoms with E-state index in [4.69, 9.17) is 34.8 Å². The van der Waals surface area contributed by atoms with Crippen LogP contribution in [0.1, 0.15) is 0 Å². The molecule has 0 bridgehead atoms. The Labute approximate surface area is 117 Å². The molecule has 3 rings (SSSR count). The van der Waals surface area contributed by atoms with Gasteiger partial charge in [-0.2, -0.15) is 5.10 Å². The first-order valence-electron chi connectivity index (χ1n) is 4.96. The minimum Gasteiger partial charge on any atom is -0.224 e. The predicted octanol–water partition coefficient (Wildman–Crippen LogP) is 3.78. The summed E-state index contributed by atoms with van der Waals surface area (Å²) in [5.74, 6) is 0. The van der Waals surface area contributed by atoms with Crippen LogP contribution in [0.25, 0.3) is 16.7 Å². The molecule has 0 spiro atoms. The lowest BCUT2D eigenvalue weighted by molar-refractivity contribution is 0.895. The largest absolute Gasteiger partial charge is 0.224 e. The summed E-state index contributed by atoms with van der Waals surface area (Å²) in [7, 11) is 0. The van der Waals surface area contributed by atoms with Gasteiger partial charge in [0.25, 0.3) is 0 Å². The molecule has 2 aromatic heterocycles. The average molecular weight is 300 g/mol. The van der Waals surface area contributed by atoms with Crippen molar-refractivity contribution in [3.63, 3.8) is 0 Å². The van der Waals surface area contributed by atoms with Crippen LogP contribution >= 0.6 is 34.8 Å². The number of halogens is 3. The van der Waals surface area contributed by atoms with Crippen molar-refractivity contribution in [2.75, 3.05) is 0 Å². The Bertz CT molecular complexity index is 738. The molecule has 0 N–H and O–H groups in total. The second-order valence-corrected chi connectivity index (χ2v) is 4.76. The van der Waals surface area contributed by atoms with E-state index in [-0.39, 0.29) is 0 Å². The third-order valence-electron chi connectivity index (χ3n) is 2.46. The smallest absolute Gasteiger partial charge is 0.167 e. The van der Waals surface area contributed by atoms with Crippen LogP contribution in [-0.4, -0.2) is 19.7 Å². The Morgan fingerprint density at radius 3 is 2.67 bits per heavy atom. The van der Waals surface area contributed by atoms with Gasteiger partial charge in [-0.25, -0.2) is 14.6 Å². The lowest BCUT2D eigenvalue weighted by Gasteiger charge is -2.05. The van der Waals surface area contributed by atoms with Gasteiger partial charge in [0.1, 0.15) is 11.5 Å². The summed E-state index contributed by atoms with van der Waals surface area (Å²) in [6.45, 7) is 0. The van der Waals surface area contributed by atoms with E-state index >= 15 is 0 Å². The summed E-state index contributed by atoms with van der Waals surface area (Å²) in [4.78, 5) is 8.05. The van der Waals surface area contributed by atoms with Crippen LogP contribution in [0.15, 0.2) is 30.7 Å². The van der Waals surface area contributed by atoms with Gasteiger partial charge >= 0.3 is 0 Å². The first-order chi connectivity index (χ1) is 8.66. The molecular weight excluding hydrogens is 295 g/mol. The molecule has 4 nitrogen and oxygen atoms in total. The van der Waals surface area contributed by atoms with E-state index in [0.717, 1.165) is 0 Å². The van der Waals surface area contributed by atoms with E-state index < -0.39 is 0 Å². The van der Waals surface area contributed by atoms with E-state index in [0.29, 0.717) is 31.9 Å². The second-order valence-electron chi connectivity index (χ2n) is 3.55. The first kappa shape index (κ1) is 11.7. The van der Waals surface area contributed by atoms with Gasteiger partial charge in [0.15, 0.2) is 5.65 Å². The summed E-state index contributed by atoms with van der Waals surface area (Å²) in [6, 6.07) is 5.15. The predicted molar refractivity (Wildman–Crippen MR) is 71.7 cm³/mol. The molecular formula is C11H5Cl3N4. The van der Waals surface area contributed by atoms with Gasteiger partial charge in [0.2, 0.25) is 0 Å². The summed E-state index contributed by atoms with van der Waals surface area (Å²) in [5.41, 5.74) is 1.28. The standard InChI is InChI=1S/C11H5Cl3N4/c12-6-1-2-9(8(13)3-6)18-11-7(4-17-18)10(14)15-5-16-11/h1-5H. The summed E-state index contributed by atoms with van der Waals surface area (Å²) >= 11 is 18.0. The van der Waals surface area contributed by atoms with Gasteiger partial charge in [-0.3, -0.25) is 0 Å². The van der Waals surface area contributed by atoms with Crippen LogP contribution in [0.2, 0.25) is 15.2 Å². The van der Waals surface area contributed by atoms with Crippen molar-refractivity contribution in [1.82, 2.24) is 19.7 Å². The van der Waals surface area contributed by atoms with Gasteiger partial charge < -0.3 is 0 Å². The molecule has 0 fully saturated rings. The molecule has 0 saturated heterocycles. The Morgan fingerprint density at radius 2 is 1.89 bits per heavy atom. The van der Waals surface area contributed by atoms with Crippen molar-refractivity contribution in [2.45, 2.75) is 0 Å². The van der Waals surface area contributed by atoms with Crippen molar-refractivity contribution >= 4 is 45.8 Å². The number of nitrogens with zero attached hydrogens (tertiary/aromatic N) is 4. The zero-order valence-electron chi connectivity index (χ0n) is 8.81. The van der Waals surface area contributed by atoms with Crippen LogP contribution < -0.4 is 0 Å². The Hall–Kier alpha value is -1.36. The fourth-order valence-corrected chi connectivity index (χ4v) is 2.31. The zero-order chi connectivity index (χ0) is 12.7. The third-order valence-corrected chi connectivity index (χ3v) is 3.29. The fourth-order valence-electron chi connectivity index (χ4n) is 1.64. The van der Waals surface area contributed by atoms with E-state index in [1.165, 1.54) is 6.33 Å². The Balaban J connectivity index is 2.29. The van der Waals surface area contributed by atoms with Crippen LogP contribution in [0.3, 0.4) is 0 Å². The third kappa shape index (κ3) is 1.82. The number of benzene rings is 1. The number of hydrogen-bond donors (Lipinski definition) is 0. The molecule has 90 valence electrons. The molecule has 0 unspecified atom stereocenters. The van der Waals surface area contributed by atoms with Crippen molar-refractivity contribution in [1.29, 1.82) is 0 Å². The molecule has 0 aliphatic heterocycles. The van der Waals surface area contributed by atoms with Crippen molar-refractivity contribution < 1.29 is 0 Å². The zero-order valence-corrected chi connectivity index (χ0v) is 11.1. The van der Waals surface area contributed by atoms with Crippen LogP contribution in [0.5, 0.6) is 0 Å². The fraction of sp³-hybridized carbons (Fsp3) is 0. The molecule has 2 heterocycles. The molecule has 3 aromatic rings. The molecule has 0 saturated carbocycles. The average Bonchev–Trinajstić information content (AvgIpc) is 2.74. The SMILES string of the molecule is Clc1ccc(-n2ncc3c(Cl)ncnc32)c(Cl)c1. The monoisotopic (exact) mass is 298 g/mol. The van der Waals surface area contributed by atoms with E-state index in [2.05, 4.69) is 15.1 Å². The number of hydrogen-bond acceptors (Lipinski definition) is 3. The van der Waals surface area contributed by atoms with Gasteiger partial charge in [-0.1, -0.05) is 34.8 Å². The summed E-state index contributed by atoms with van der Waals surface area (Å²) in [6.07, 6.45) is 2.98. The van der Waals surface area contributed by atoms with Crippen LogP contribution in [0.4, 0.5) is 0 Å². The van der Waals surface area contributed by atoms with Crippen molar-refractivity contribution in [2.24, 2.45) is 0 Å².